The topological polar surface area (TPSA) is 24.1 Å². The molecule has 0 aromatic heterocycles. The lowest BCUT2D eigenvalue weighted by atomic mass is 9.86. The van der Waals surface area contributed by atoms with Crippen LogP contribution in [0.2, 0.25) is 0 Å². The minimum atomic E-state index is -0.0591. The van der Waals surface area contributed by atoms with E-state index >= 15 is 0 Å². The summed E-state index contributed by atoms with van der Waals surface area (Å²) in [5, 5.41) is 7.73. The van der Waals surface area contributed by atoms with Crippen LogP contribution in [-0.2, 0) is 5.41 Å². The zero-order valence-corrected chi connectivity index (χ0v) is 27.7. The normalized spacial score (nSPS) is 11.2. The zero-order valence-electron chi connectivity index (χ0n) is 27.7. The zero-order chi connectivity index (χ0) is 32.9. The van der Waals surface area contributed by atoms with Crippen LogP contribution in [0.15, 0.2) is 176 Å². The summed E-state index contributed by atoms with van der Waals surface area (Å²) in [4.78, 5) is 0. The van der Waals surface area contributed by atoms with Gasteiger partial charge in [0.1, 0.15) is 0 Å². The van der Waals surface area contributed by atoms with Crippen molar-refractivity contribution in [2.24, 2.45) is 0 Å². The average Bonchev–Trinajstić information content (AvgIpc) is 3.12. The lowest BCUT2D eigenvalue weighted by Crippen LogP contribution is -2.12. The maximum atomic E-state index is 3.86. The highest BCUT2D eigenvalue weighted by molar-refractivity contribution is 5.88. The van der Waals surface area contributed by atoms with E-state index in [1.54, 1.807) is 0 Å². The lowest BCUT2D eigenvalue weighted by Gasteiger charge is -2.23. The molecule has 0 radical (unpaired) electrons. The van der Waals surface area contributed by atoms with Gasteiger partial charge in [0, 0.05) is 33.9 Å². The van der Waals surface area contributed by atoms with Gasteiger partial charge in [-0.25, -0.2) is 0 Å². The summed E-state index contributed by atoms with van der Waals surface area (Å²) < 4.78 is 0. The van der Waals surface area contributed by atoms with E-state index in [1.807, 2.05) is 0 Å². The van der Waals surface area contributed by atoms with Crippen molar-refractivity contribution in [1.29, 1.82) is 0 Å². The van der Waals surface area contributed by atoms with Crippen molar-refractivity contribution in [1.82, 2.24) is 0 Å². The van der Waals surface area contributed by atoms with Crippen molar-refractivity contribution in [3.63, 3.8) is 0 Å². The molecule has 2 N–H and O–H groups in total. The molecule has 2 nitrogen and oxygen atoms in total. The SMILES string of the molecule is CC(C)(C)c1cc(Nc2cc(-c3ccccc3)ccc2-c2ccccc2)cc(Nc2cc(-c3ccccc3)ccc2-c2ccccc2)c1. The number of hydrogen-bond acceptors (Lipinski definition) is 2. The molecule has 234 valence electrons. The molecule has 0 bridgehead atoms. The molecule has 0 spiro atoms. The van der Waals surface area contributed by atoms with E-state index in [0.29, 0.717) is 0 Å². The van der Waals surface area contributed by atoms with Gasteiger partial charge in [0.05, 0.1) is 0 Å². The van der Waals surface area contributed by atoms with Crippen molar-refractivity contribution in [3.8, 4) is 44.5 Å². The van der Waals surface area contributed by atoms with Gasteiger partial charge in [0.25, 0.3) is 0 Å². The van der Waals surface area contributed by atoms with Gasteiger partial charge < -0.3 is 10.6 Å². The van der Waals surface area contributed by atoms with Crippen LogP contribution in [0.5, 0.6) is 0 Å². The van der Waals surface area contributed by atoms with Crippen LogP contribution in [0.3, 0.4) is 0 Å². The summed E-state index contributed by atoms with van der Waals surface area (Å²) in [6.07, 6.45) is 0. The predicted octanol–water partition coefficient (Wildman–Crippen LogP) is 13.1. The Balaban J connectivity index is 1.33. The molecule has 7 aromatic carbocycles. The van der Waals surface area contributed by atoms with E-state index < -0.39 is 0 Å². The Morgan fingerprint density at radius 3 is 1.04 bits per heavy atom. The largest absolute Gasteiger partial charge is 0.355 e. The first-order chi connectivity index (χ1) is 23.4. The summed E-state index contributed by atoms with van der Waals surface area (Å²) in [6, 6.07) is 62.6. The number of rotatable bonds is 8. The fourth-order valence-corrected chi connectivity index (χ4v) is 6.17. The Morgan fingerprint density at radius 1 is 0.333 bits per heavy atom. The number of anilines is 4. The third-order valence-electron chi connectivity index (χ3n) is 8.78. The highest BCUT2D eigenvalue weighted by Crippen LogP contribution is 2.39. The van der Waals surface area contributed by atoms with Gasteiger partial charge in [-0.2, -0.15) is 0 Å². The van der Waals surface area contributed by atoms with Gasteiger partial charge in [-0.15, -0.1) is 0 Å². The van der Waals surface area contributed by atoms with Crippen molar-refractivity contribution >= 4 is 22.7 Å². The van der Waals surface area contributed by atoms with E-state index in [-0.39, 0.29) is 5.41 Å². The Hall–Kier alpha value is -5.86. The fraction of sp³-hybridized carbons (Fsp3) is 0.0870. The molecule has 0 aliphatic heterocycles. The number of benzene rings is 7. The molecule has 0 unspecified atom stereocenters. The Bertz CT molecular complexity index is 1980. The Kier molecular flexibility index (Phi) is 8.64. The molecule has 0 fully saturated rings. The molecule has 0 atom stereocenters. The monoisotopic (exact) mass is 620 g/mol. The average molecular weight is 621 g/mol. The lowest BCUT2D eigenvalue weighted by molar-refractivity contribution is 0.591. The Labute approximate surface area is 284 Å². The minimum absolute atomic E-state index is 0.0591. The van der Waals surface area contributed by atoms with Crippen LogP contribution < -0.4 is 10.6 Å². The highest BCUT2D eigenvalue weighted by atomic mass is 14.9. The van der Waals surface area contributed by atoms with Gasteiger partial charge >= 0.3 is 0 Å². The highest BCUT2D eigenvalue weighted by Gasteiger charge is 2.18. The van der Waals surface area contributed by atoms with Crippen LogP contribution in [0.25, 0.3) is 44.5 Å². The van der Waals surface area contributed by atoms with Crippen molar-refractivity contribution in [3.05, 3.63) is 181 Å². The summed E-state index contributed by atoms with van der Waals surface area (Å²) in [7, 11) is 0. The summed E-state index contributed by atoms with van der Waals surface area (Å²) in [5.74, 6) is 0. The van der Waals surface area contributed by atoms with Crippen LogP contribution in [0.4, 0.5) is 22.7 Å². The van der Waals surface area contributed by atoms with Gasteiger partial charge in [0.15, 0.2) is 0 Å². The van der Waals surface area contributed by atoms with Crippen molar-refractivity contribution in [2.45, 2.75) is 26.2 Å². The molecule has 0 heterocycles. The molecule has 7 aromatic rings. The second kappa shape index (κ2) is 13.5. The Morgan fingerprint density at radius 2 is 0.688 bits per heavy atom. The minimum Gasteiger partial charge on any atom is -0.355 e. The van der Waals surface area contributed by atoms with E-state index in [0.717, 1.165) is 33.9 Å². The molecule has 0 saturated carbocycles. The molecule has 7 rings (SSSR count). The first-order valence-electron chi connectivity index (χ1n) is 16.6. The molecule has 48 heavy (non-hydrogen) atoms. The molecule has 0 aliphatic carbocycles. The van der Waals surface area contributed by atoms with E-state index in [4.69, 9.17) is 0 Å². The third-order valence-corrected chi connectivity index (χ3v) is 8.78. The smallest absolute Gasteiger partial charge is 0.0470 e. The first-order valence-corrected chi connectivity index (χ1v) is 16.6. The third kappa shape index (κ3) is 6.94. The van der Waals surface area contributed by atoms with E-state index in [1.165, 1.54) is 38.9 Å². The van der Waals surface area contributed by atoms with E-state index in [2.05, 4.69) is 207 Å². The van der Waals surface area contributed by atoms with Crippen molar-refractivity contribution in [2.75, 3.05) is 10.6 Å². The van der Waals surface area contributed by atoms with Crippen LogP contribution >= 0.6 is 0 Å². The van der Waals surface area contributed by atoms with Gasteiger partial charge in [-0.3, -0.25) is 0 Å². The van der Waals surface area contributed by atoms with Crippen LogP contribution in [-0.4, -0.2) is 0 Å². The maximum absolute atomic E-state index is 3.86. The molecule has 2 heteroatoms. The van der Waals surface area contributed by atoms with Crippen LogP contribution in [0.1, 0.15) is 26.3 Å². The van der Waals surface area contributed by atoms with Crippen LogP contribution in [0, 0.1) is 0 Å². The second-order valence-corrected chi connectivity index (χ2v) is 13.3. The summed E-state index contributed by atoms with van der Waals surface area (Å²) >= 11 is 0. The standard InChI is InChI=1S/C46H40N2/c1-46(2,3)39-30-40(47-44-28-37(33-16-8-4-9-17-33)24-26-42(44)35-20-12-6-13-21-35)32-41(31-39)48-45-29-38(34-18-10-5-11-19-34)25-27-43(45)36-22-14-7-15-23-36/h4-32,47-48H,1-3H3. The summed E-state index contributed by atoms with van der Waals surface area (Å²) in [5.41, 5.74) is 14.8. The van der Waals surface area contributed by atoms with Gasteiger partial charge in [-0.05, 0) is 74.7 Å². The fourth-order valence-electron chi connectivity index (χ4n) is 6.17. The molecular formula is C46H40N2. The quantitative estimate of drug-likeness (QED) is 0.177. The molecule has 0 aliphatic rings. The second-order valence-electron chi connectivity index (χ2n) is 13.3. The number of hydrogen-bond donors (Lipinski definition) is 2. The summed E-state index contributed by atoms with van der Waals surface area (Å²) in [6.45, 7) is 6.81. The first kappa shape index (κ1) is 30.8. The number of nitrogens with one attached hydrogen (secondary N) is 2. The molecule has 0 amide bonds. The molecular weight excluding hydrogens is 581 g/mol. The van der Waals surface area contributed by atoms with Gasteiger partial charge in [0.2, 0.25) is 0 Å². The maximum Gasteiger partial charge on any atom is 0.0470 e. The van der Waals surface area contributed by atoms with Gasteiger partial charge in [-0.1, -0.05) is 166 Å². The predicted molar refractivity (Wildman–Crippen MR) is 206 cm³/mol. The van der Waals surface area contributed by atoms with E-state index in [9.17, 15) is 0 Å². The van der Waals surface area contributed by atoms with Crippen molar-refractivity contribution < 1.29 is 0 Å². The molecule has 0 saturated heterocycles.